The van der Waals surface area contributed by atoms with Crippen LogP contribution >= 0.6 is 0 Å². The second-order valence-electron chi connectivity index (χ2n) is 7.51. The fraction of sp³-hybridized carbons (Fsp3) is 0.684. The molecule has 0 radical (unpaired) electrons. The number of hydrogen-bond acceptors (Lipinski definition) is 4. The molecular weight excluding hydrogens is 314 g/mol. The molecule has 0 unspecified atom stereocenters. The first-order valence-electron chi connectivity index (χ1n) is 9.46. The van der Waals surface area contributed by atoms with Crippen molar-refractivity contribution >= 4 is 6.03 Å². The third kappa shape index (κ3) is 5.16. The van der Waals surface area contributed by atoms with E-state index >= 15 is 0 Å². The van der Waals surface area contributed by atoms with Gasteiger partial charge in [0.2, 0.25) is 0 Å². The molecule has 2 amide bonds. The van der Waals surface area contributed by atoms with Crippen LogP contribution in [0.4, 0.5) is 4.79 Å². The summed E-state index contributed by atoms with van der Waals surface area (Å²) in [6, 6.07) is 7.05. The SMILES string of the molecule is CN(C)[C@H]1CCC[C@H](NC(=O)N2CCN(Cc3ccccn3)CC2)C1. The van der Waals surface area contributed by atoms with Crippen LogP contribution in [-0.4, -0.2) is 78.1 Å². The molecule has 138 valence electrons. The molecule has 2 heterocycles. The van der Waals surface area contributed by atoms with Gasteiger partial charge in [-0.05, 0) is 51.9 Å². The zero-order valence-corrected chi connectivity index (χ0v) is 15.5. The number of urea groups is 1. The average Bonchev–Trinajstić information content (AvgIpc) is 2.63. The van der Waals surface area contributed by atoms with E-state index in [-0.39, 0.29) is 6.03 Å². The van der Waals surface area contributed by atoms with Gasteiger partial charge in [0.1, 0.15) is 0 Å². The van der Waals surface area contributed by atoms with Crippen molar-refractivity contribution in [1.82, 2.24) is 25.0 Å². The minimum absolute atomic E-state index is 0.113. The highest BCUT2D eigenvalue weighted by Crippen LogP contribution is 2.21. The molecule has 1 aromatic rings. The zero-order chi connectivity index (χ0) is 17.6. The number of carbonyl (C=O) groups is 1. The molecule has 1 N–H and O–H groups in total. The van der Waals surface area contributed by atoms with Gasteiger partial charge < -0.3 is 15.1 Å². The molecule has 0 bridgehead atoms. The molecule has 1 aliphatic carbocycles. The lowest BCUT2D eigenvalue weighted by atomic mass is 9.90. The van der Waals surface area contributed by atoms with Crippen molar-refractivity contribution in [3.8, 4) is 0 Å². The van der Waals surface area contributed by atoms with Gasteiger partial charge in [-0.1, -0.05) is 6.07 Å². The number of piperazine rings is 1. The molecule has 25 heavy (non-hydrogen) atoms. The Labute approximate surface area is 151 Å². The van der Waals surface area contributed by atoms with Gasteiger partial charge in [0.05, 0.1) is 5.69 Å². The summed E-state index contributed by atoms with van der Waals surface area (Å²) in [5.74, 6) is 0. The molecule has 1 saturated carbocycles. The minimum Gasteiger partial charge on any atom is -0.335 e. The van der Waals surface area contributed by atoms with E-state index in [1.165, 1.54) is 12.8 Å². The molecule has 2 aliphatic rings. The van der Waals surface area contributed by atoms with Crippen LogP contribution in [0.25, 0.3) is 0 Å². The third-order valence-corrected chi connectivity index (χ3v) is 5.48. The van der Waals surface area contributed by atoms with E-state index in [4.69, 9.17) is 0 Å². The third-order valence-electron chi connectivity index (χ3n) is 5.48. The first kappa shape index (κ1) is 18.1. The predicted octanol–water partition coefficient (Wildman–Crippen LogP) is 1.78. The van der Waals surface area contributed by atoms with E-state index in [2.05, 4.69) is 40.3 Å². The van der Waals surface area contributed by atoms with Crippen molar-refractivity contribution in [3.05, 3.63) is 30.1 Å². The monoisotopic (exact) mass is 345 g/mol. The molecule has 2 atom stereocenters. The molecule has 0 spiro atoms. The second-order valence-corrected chi connectivity index (χ2v) is 7.51. The van der Waals surface area contributed by atoms with Crippen molar-refractivity contribution < 1.29 is 4.79 Å². The Bertz CT molecular complexity index is 542. The highest BCUT2D eigenvalue weighted by atomic mass is 16.2. The lowest BCUT2D eigenvalue weighted by molar-refractivity contribution is 0.127. The van der Waals surface area contributed by atoms with Gasteiger partial charge in [-0.25, -0.2) is 4.79 Å². The second kappa shape index (κ2) is 8.63. The Morgan fingerprint density at radius 2 is 2.04 bits per heavy atom. The number of nitrogens with one attached hydrogen (secondary N) is 1. The van der Waals surface area contributed by atoms with Gasteiger partial charge in [0.25, 0.3) is 0 Å². The van der Waals surface area contributed by atoms with Crippen LogP contribution in [0.15, 0.2) is 24.4 Å². The van der Waals surface area contributed by atoms with Crippen LogP contribution in [-0.2, 0) is 6.54 Å². The van der Waals surface area contributed by atoms with Crippen LogP contribution in [0.1, 0.15) is 31.4 Å². The van der Waals surface area contributed by atoms with E-state index in [1.807, 2.05) is 23.2 Å². The Kier molecular flexibility index (Phi) is 6.26. The van der Waals surface area contributed by atoms with Crippen LogP contribution in [0.5, 0.6) is 0 Å². The Morgan fingerprint density at radius 1 is 1.24 bits per heavy atom. The summed E-state index contributed by atoms with van der Waals surface area (Å²) < 4.78 is 0. The summed E-state index contributed by atoms with van der Waals surface area (Å²) in [5, 5.41) is 3.27. The fourth-order valence-electron chi connectivity index (χ4n) is 3.86. The van der Waals surface area contributed by atoms with Gasteiger partial charge >= 0.3 is 6.03 Å². The Balaban J connectivity index is 1.42. The highest BCUT2D eigenvalue weighted by Gasteiger charge is 2.27. The summed E-state index contributed by atoms with van der Waals surface area (Å²) in [4.78, 5) is 23.6. The average molecular weight is 345 g/mol. The van der Waals surface area contributed by atoms with Crippen molar-refractivity contribution in [2.45, 2.75) is 44.3 Å². The number of aromatic nitrogens is 1. The predicted molar refractivity (Wildman–Crippen MR) is 99.3 cm³/mol. The lowest BCUT2D eigenvalue weighted by Crippen LogP contribution is -2.54. The molecule has 1 saturated heterocycles. The minimum atomic E-state index is 0.113. The number of hydrogen-bond donors (Lipinski definition) is 1. The van der Waals surface area contributed by atoms with E-state index < -0.39 is 0 Å². The van der Waals surface area contributed by atoms with Crippen molar-refractivity contribution in [2.75, 3.05) is 40.3 Å². The molecule has 6 nitrogen and oxygen atoms in total. The number of carbonyl (C=O) groups excluding carboxylic acids is 1. The van der Waals surface area contributed by atoms with Gasteiger partial charge in [0.15, 0.2) is 0 Å². The van der Waals surface area contributed by atoms with Gasteiger partial charge in [-0.2, -0.15) is 0 Å². The largest absolute Gasteiger partial charge is 0.335 e. The maximum Gasteiger partial charge on any atom is 0.317 e. The smallest absolute Gasteiger partial charge is 0.317 e. The maximum absolute atomic E-state index is 12.6. The van der Waals surface area contributed by atoms with Crippen molar-refractivity contribution in [3.63, 3.8) is 0 Å². The molecule has 3 rings (SSSR count). The summed E-state index contributed by atoms with van der Waals surface area (Å²) in [5.41, 5.74) is 1.09. The van der Waals surface area contributed by atoms with Crippen LogP contribution < -0.4 is 5.32 Å². The summed E-state index contributed by atoms with van der Waals surface area (Å²) in [6.45, 7) is 4.28. The molecule has 1 aromatic heterocycles. The standard InChI is InChI=1S/C19H31N5O/c1-22(2)18-8-5-7-16(14-18)21-19(25)24-12-10-23(11-13-24)15-17-6-3-4-9-20-17/h3-4,6,9,16,18H,5,7-8,10-15H2,1-2H3,(H,21,25)/t16-,18-/m0/s1. The first-order chi connectivity index (χ1) is 12.1. The Hall–Kier alpha value is -1.66. The first-order valence-corrected chi connectivity index (χ1v) is 9.46. The van der Waals surface area contributed by atoms with Crippen molar-refractivity contribution in [2.24, 2.45) is 0 Å². The van der Waals surface area contributed by atoms with E-state index in [9.17, 15) is 4.79 Å². The van der Waals surface area contributed by atoms with Crippen LogP contribution in [0.3, 0.4) is 0 Å². The quantitative estimate of drug-likeness (QED) is 0.904. The van der Waals surface area contributed by atoms with Crippen LogP contribution in [0, 0.1) is 0 Å². The maximum atomic E-state index is 12.6. The Morgan fingerprint density at radius 3 is 2.72 bits per heavy atom. The van der Waals surface area contributed by atoms with Gasteiger partial charge in [-0.3, -0.25) is 9.88 Å². The normalized spacial score (nSPS) is 25.2. The zero-order valence-electron chi connectivity index (χ0n) is 15.5. The lowest BCUT2D eigenvalue weighted by Gasteiger charge is -2.37. The molecule has 2 fully saturated rings. The topological polar surface area (TPSA) is 51.7 Å². The molecule has 0 aromatic carbocycles. The van der Waals surface area contributed by atoms with Gasteiger partial charge in [0, 0.05) is 51.0 Å². The summed E-state index contributed by atoms with van der Waals surface area (Å²) >= 11 is 0. The number of nitrogens with zero attached hydrogens (tertiary/aromatic N) is 4. The molecule has 6 heteroatoms. The summed E-state index contributed by atoms with van der Waals surface area (Å²) in [7, 11) is 4.27. The van der Waals surface area contributed by atoms with Crippen LogP contribution in [0.2, 0.25) is 0 Å². The van der Waals surface area contributed by atoms with E-state index in [1.54, 1.807) is 0 Å². The van der Waals surface area contributed by atoms with Gasteiger partial charge in [-0.15, -0.1) is 0 Å². The molecular formula is C19H31N5O. The summed E-state index contributed by atoms with van der Waals surface area (Å²) in [6.07, 6.45) is 6.45. The number of rotatable bonds is 4. The van der Waals surface area contributed by atoms with E-state index in [0.29, 0.717) is 12.1 Å². The molecule has 1 aliphatic heterocycles. The highest BCUT2D eigenvalue weighted by molar-refractivity contribution is 5.74. The van der Waals surface area contributed by atoms with E-state index in [0.717, 1.165) is 51.3 Å². The fourth-order valence-corrected chi connectivity index (χ4v) is 3.86. The number of pyridine rings is 1. The van der Waals surface area contributed by atoms with Crippen molar-refractivity contribution in [1.29, 1.82) is 0 Å². The number of amides is 2.